The Labute approximate surface area is 68.8 Å². The summed E-state index contributed by atoms with van der Waals surface area (Å²) >= 11 is 1.20. The van der Waals surface area contributed by atoms with Gasteiger partial charge in [-0.25, -0.2) is 0 Å². The molecule has 0 aliphatic heterocycles. The van der Waals surface area contributed by atoms with Crippen LogP contribution in [0, 0.1) is 0 Å². The van der Waals surface area contributed by atoms with Crippen LogP contribution in [0.1, 0.15) is 0 Å². The molecule has 11 heavy (non-hydrogen) atoms. The van der Waals surface area contributed by atoms with Gasteiger partial charge in [-0.15, -0.1) is 0 Å². The number of allylic oxidation sites excluding steroid dienone is 1. The van der Waals surface area contributed by atoms with Gasteiger partial charge in [0.25, 0.3) is 0 Å². The molecular weight excluding hydrogens is 160 g/mol. The van der Waals surface area contributed by atoms with Crippen molar-refractivity contribution in [3.63, 3.8) is 0 Å². The zero-order chi connectivity index (χ0) is 8.10. The largest absolute Gasteiger partial charge is 0.327 e. The highest BCUT2D eigenvalue weighted by molar-refractivity contribution is 7.07. The molecule has 1 heterocycles. The fraction of sp³-hybridized carbons (Fsp3) is 0.286. The molecule has 4 heteroatoms. The second-order valence-corrected chi connectivity index (χ2v) is 2.89. The molecule has 0 saturated heterocycles. The molecule has 0 atom stereocenters. The molecule has 1 rings (SSSR count). The van der Waals surface area contributed by atoms with Crippen LogP contribution in [0.2, 0.25) is 0 Å². The van der Waals surface area contributed by atoms with Crippen molar-refractivity contribution in [2.24, 2.45) is 5.73 Å². The maximum atomic E-state index is 10.9. The molecule has 1 aromatic rings. The van der Waals surface area contributed by atoms with Crippen LogP contribution in [-0.2, 0) is 6.54 Å². The van der Waals surface area contributed by atoms with Gasteiger partial charge in [-0.2, -0.15) is 0 Å². The van der Waals surface area contributed by atoms with E-state index in [1.807, 2.05) is 12.2 Å². The predicted molar refractivity (Wildman–Crippen MR) is 46.8 cm³/mol. The average Bonchev–Trinajstić information content (AvgIpc) is 2.37. The lowest BCUT2D eigenvalue weighted by atomic mass is 10.5. The van der Waals surface area contributed by atoms with Gasteiger partial charge in [-0.1, -0.05) is 23.5 Å². The molecule has 0 aliphatic rings. The average molecular weight is 170 g/mol. The summed E-state index contributed by atoms with van der Waals surface area (Å²) in [7, 11) is 0. The minimum absolute atomic E-state index is 0.0756. The topological polar surface area (TPSA) is 48.0 Å². The third kappa shape index (κ3) is 2.32. The van der Waals surface area contributed by atoms with Crippen molar-refractivity contribution in [3.8, 4) is 0 Å². The van der Waals surface area contributed by atoms with E-state index in [2.05, 4.69) is 0 Å². The first-order valence-corrected chi connectivity index (χ1v) is 4.21. The number of hydrogen-bond acceptors (Lipinski definition) is 3. The Balaban J connectivity index is 2.58. The first-order chi connectivity index (χ1) is 5.34. The first kappa shape index (κ1) is 8.23. The summed E-state index contributed by atoms with van der Waals surface area (Å²) in [4.78, 5) is 11.0. The lowest BCUT2D eigenvalue weighted by Gasteiger charge is -1.91. The lowest BCUT2D eigenvalue weighted by Crippen LogP contribution is -2.10. The Kier molecular flexibility index (Phi) is 3.07. The number of nitrogens with two attached hydrogens (primary N) is 1. The number of rotatable bonds is 3. The molecule has 0 aliphatic carbocycles. The van der Waals surface area contributed by atoms with Gasteiger partial charge in [0.2, 0.25) is 0 Å². The van der Waals surface area contributed by atoms with E-state index < -0.39 is 0 Å². The van der Waals surface area contributed by atoms with Crippen molar-refractivity contribution in [1.82, 2.24) is 4.57 Å². The van der Waals surface area contributed by atoms with E-state index in [9.17, 15) is 4.79 Å². The number of hydrogen-bond donors (Lipinski definition) is 1. The van der Waals surface area contributed by atoms with Crippen LogP contribution in [0.5, 0.6) is 0 Å². The van der Waals surface area contributed by atoms with Crippen molar-refractivity contribution in [2.45, 2.75) is 6.54 Å². The van der Waals surface area contributed by atoms with Gasteiger partial charge in [0.05, 0.1) is 0 Å². The van der Waals surface area contributed by atoms with E-state index in [-0.39, 0.29) is 4.87 Å². The zero-order valence-corrected chi connectivity index (χ0v) is 6.88. The number of thiazole rings is 1. The number of aromatic nitrogens is 1. The first-order valence-electron chi connectivity index (χ1n) is 3.33. The van der Waals surface area contributed by atoms with Gasteiger partial charge >= 0.3 is 4.87 Å². The Morgan fingerprint density at radius 1 is 1.64 bits per heavy atom. The summed E-state index contributed by atoms with van der Waals surface area (Å²) in [6.45, 7) is 1.15. The number of nitrogens with zero attached hydrogens (tertiary/aromatic N) is 1. The monoisotopic (exact) mass is 170 g/mol. The van der Waals surface area contributed by atoms with E-state index in [4.69, 9.17) is 5.73 Å². The lowest BCUT2D eigenvalue weighted by molar-refractivity contribution is 0.804. The van der Waals surface area contributed by atoms with Crippen LogP contribution < -0.4 is 10.6 Å². The fourth-order valence-electron chi connectivity index (χ4n) is 0.710. The molecule has 0 saturated carbocycles. The second kappa shape index (κ2) is 4.10. The molecule has 0 fully saturated rings. The van der Waals surface area contributed by atoms with E-state index in [0.29, 0.717) is 13.1 Å². The third-order valence-corrected chi connectivity index (χ3v) is 1.94. The Hall–Kier alpha value is -0.870. The minimum Gasteiger partial charge on any atom is -0.327 e. The summed E-state index contributed by atoms with van der Waals surface area (Å²) in [5, 5.41) is 1.78. The Morgan fingerprint density at radius 3 is 3.00 bits per heavy atom. The van der Waals surface area contributed by atoms with E-state index in [1.54, 1.807) is 16.1 Å². The van der Waals surface area contributed by atoms with Crippen molar-refractivity contribution in [3.05, 3.63) is 33.4 Å². The molecule has 0 amide bonds. The maximum Gasteiger partial charge on any atom is 0.307 e. The highest BCUT2D eigenvalue weighted by Gasteiger charge is 1.90. The van der Waals surface area contributed by atoms with Crippen LogP contribution in [-0.4, -0.2) is 11.1 Å². The van der Waals surface area contributed by atoms with Gasteiger partial charge in [0.1, 0.15) is 0 Å². The van der Waals surface area contributed by atoms with Crippen LogP contribution in [0.15, 0.2) is 28.5 Å². The van der Waals surface area contributed by atoms with Crippen molar-refractivity contribution >= 4 is 11.3 Å². The predicted octanol–water partition coefficient (Wildman–Crippen LogP) is 0.425. The standard InChI is InChI=1S/C7H10N2OS/c8-3-1-2-4-9-5-6-11-7(9)10/h1-2,5-6H,3-4,8H2. The summed E-state index contributed by atoms with van der Waals surface area (Å²) in [5.41, 5.74) is 5.23. The zero-order valence-electron chi connectivity index (χ0n) is 6.06. The molecular formula is C7H10N2OS. The van der Waals surface area contributed by atoms with Crippen molar-refractivity contribution < 1.29 is 0 Å². The molecule has 60 valence electrons. The highest BCUT2D eigenvalue weighted by Crippen LogP contribution is 1.88. The van der Waals surface area contributed by atoms with Crippen molar-refractivity contribution in [1.29, 1.82) is 0 Å². The van der Waals surface area contributed by atoms with Gasteiger partial charge < -0.3 is 10.3 Å². The highest BCUT2D eigenvalue weighted by atomic mass is 32.1. The molecule has 3 nitrogen and oxygen atoms in total. The smallest absolute Gasteiger partial charge is 0.307 e. The van der Waals surface area contributed by atoms with E-state index >= 15 is 0 Å². The molecule has 1 aromatic heterocycles. The molecule has 0 unspecified atom stereocenters. The normalized spacial score (nSPS) is 11.0. The molecule has 0 bridgehead atoms. The van der Waals surface area contributed by atoms with Crippen LogP contribution in [0.3, 0.4) is 0 Å². The van der Waals surface area contributed by atoms with Gasteiger partial charge in [0, 0.05) is 24.7 Å². The van der Waals surface area contributed by atoms with E-state index in [1.165, 1.54) is 11.3 Å². The summed E-state index contributed by atoms with van der Waals surface area (Å²) < 4.78 is 1.64. The van der Waals surface area contributed by atoms with Gasteiger partial charge in [-0.3, -0.25) is 4.79 Å². The molecule has 2 N–H and O–H groups in total. The minimum atomic E-state index is 0.0756. The Morgan fingerprint density at radius 2 is 2.45 bits per heavy atom. The second-order valence-electron chi connectivity index (χ2n) is 2.03. The molecule has 0 spiro atoms. The van der Waals surface area contributed by atoms with Gasteiger partial charge in [-0.05, 0) is 0 Å². The maximum absolute atomic E-state index is 10.9. The summed E-state index contributed by atoms with van der Waals surface area (Å²) in [5.74, 6) is 0. The van der Waals surface area contributed by atoms with Crippen LogP contribution in [0.25, 0.3) is 0 Å². The van der Waals surface area contributed by atoms with Crippen molar-refractivity contribution in [2.75, 3.05) is 6.54 Å². The SMILES string of the molecule is NCC=CCn1ccsc1=O. The van der Waals surface area contributed by atoms with E-state index in [0.717, 1.165) is 0 Å². The Bertz CT molecular complexity index is 287. The van der Waals surface area contributed by atoms with Crippen LogP contribution >= 0.6 is 11.3 Å². The molecule has 0 aromatic carbocycles. The summed E-state index contributed by atoms with van der Waals surface area (Å²) in [6, 6.07) is 0. The molecule has 0 radical (unpaired) electrons. The quantitative estimate of drug-likeness (QED) is 0.668. The summed E-state index contributed by atoms with van der Waals surface area (Å²) in [6.07, 6.45) is 5.49. The fourth-order valence-corrected chi connectivity index (χ4v) is 1.31. The van der Waals surface area contributed by atoms with Crippen LogP contribution in [0.4, 0.5) is 0 Å². The van der Waals surface area contributed by atoms with Gasteiger partial charge in [0.15, 0.2) is 0 Å². The third-order valence-electron chi connectivity index (χ3n) is 1.25.